The SMILES string of the molecule is Cc1nnc2n1C[C@@H](N[C@@H](C(=O)NC(C)C)c1ccccc1)CC2. The monoisotopic (exact) mass is 327 g/mol. The molecule has 2 N–H and O–H groups in total. The number of hydrogen-bond acceptors (Lipinski definition) is 4. The minimum Gasteiger partial charge on any atom is -0.352 e. The molecule has 1 aromatic carbocycles. The molecule has 2 aromatic rings. The van der Waals surface area contributed by atoms with Gasteiger partial charge in [0.25, 0.3) is 0 Å². The number of fused-ring (bicyclic) bond motifs is 1. The summed E-state index contributed by atoms with van der Waals surface area (Å²) in [6.07, 6.45) is 1.84. The second kappa shape index (κ2) is 7.13. The summed E-state index contributed by atoms with van der Waals surface area (Å²) in [4.78, 5) is 12.7. The van der Waals surface area contributed by atoms with Gasteiger partial charge in [-0.25, -0.2) is 0 Å². The van der Waals surface area contributed by atoms with E-state index in [-0.39, 0.29) is 24.0 Å². The van der Waals surface area contributed by atoms with Crippen molar-refractivity contribution in [1.29, 1.82) is 0 Å². The van der Waals surface area contributed by atoms with E-state index >= 15 is 0 Å². The lowest BCUT2D eigenvalue weighted by Crippen LogP contribution is -2.47. The molecule has 1 aliphatic rings. The van der Waals surface area contributed by atoms with Crippen molar-refractivity contribution in [3.05, 3.63) is 47.5 Å². The van der Waals surface area contributed by atoms with Gasteiger partial charge in [-0.2, -0.15) is 0 Å². The summed E-state index contributed by atoms with van der Waals surface area (Å²) < 4.78 is 2.14. The van der Waals surface area contributed by atoms with Crippen LogP contribution in [0.3, 0.4) is 0 Å². The van der Waals surface area contributed by atoms with Crippen molar-refractivity contribution >= 4 is 5.91 Å². The van der Waals surface area contributed by atoms with Gasteiger partial charge in [0, 0.05) is 25.0 Å². The summed E-state index contributed by atoms with van der Waals surface area (Å²) in [5, 5.41) is 14.9. The predicted octanol–water partition coefficient (Wildman–Crippen LogP) is 1.76. The topological polar surface area (TPSA) is 71.8 Å². The van der Waals surface area contributed by atoms with Gasteiger partial charge in [0.1, 0.15) is 17.7 Å². The molecule has 0 unspecified atom stereocenters. The zero-order valence-electron chi connectivity index (χ0n) is 14.5. The Morgan fingerprint density at radius 1 is 1.25 bits per heavy atom. The first kappa shape index (κ1) is 16.6. The molecule has 128 valence electrons. The van der Waals surface area contributed by atoms with Crippen LogP contribution in [0.4, 0.5) is 0 Å². The minimum absolute atomic E-state index is 0.0162. The van der Waals surface area contributed by atoms with E-state index in [2.05, 4.69) is 25.4 Å². The second-order valence-electron chi connectivity index (χ2n) is 6.68. The Kier molecular flexibility index (Phi) is 4.94. The van der Waals surface area contributed by atoms with E-state index in [1.807, 2.05) is 51.1 Å². The number of carbonyl (C=O) groups is 1. The molecule has 1 amide bonds. The number of benzene rings is 1. The Hall–Kier alpha value is -2.21. The fourth-order valence-electron chi connectivity index (χ4n) is 3.17. The number of nitrogens with one attached hydrogen (secondary N) is 2. The number of hydrogen-bond donors (Lipinski definition) is 2. The summed E-state index contributed by atoms with van der Waals surface area (Å²) in [5.41, 5.74) is 0.988. The second-order valence-corrected chi connectivity index (χ2v) is 6.68. The van der Waals surface area contributed by atoms with Gasteiger partial charge in [0.05, 0.1) is 0 Å². The Balaban J connectivity index is 1.77. The standard InChI is InChI=1S/C18H25N5O/c1-12(2)19-18(24)17(14-7-5-4-6-8-14)20-15-9-10-16-22-21-13(3)23(16)11-15/h4-8,12,15,17,20H,9-11H2,1-3H3,(H,19,24)/t15-,17+/m0/s1. The molecule has 1 aliphatic heterocycles. The number of aromatic nitrogens is 3. The van der Waals surface area contributed by atoms with Crippen LogP contribution in [0.2, 0.25) is 0 Å². The number of nitrogens with zero attached hydrogens (tertiary/aromatic N) is 3. The van der Waals surface area contributed by atoms with E-state index in [9.17, 15) is 4.79 Å². The lowest BCUT2D eigenvalue weighted by atomic mass is 10.0. The first-order valence-electron chi connectivity index (χ1n) is 8.54. The molecular weight excluding hydrogens is 302 g/mol. The predicted molar refractivity (Wildman–Crippen MR) is 92.5 cm³/mol. The highest BCUT2D eigenvalue weighted by molar-refractivity contribution is 5.83. The van der Waals surface area contributed by atoms with Crippen molar-refractivity contribution in [1.82, 2.24) is 25.4 Å². The highest BCUT2D eigenvalue weighted by atomic mass is 16.2. The fraction of sp³-hybridized carbons (Fsp3) is 0.500. The molecule has 0 bridgehead atoms. The highest BCUT2D eigenvalue weighted by Crippen LogP contribution is 2.20. The Morgan fingerprint density at radius 2 is 2.00 bits per heavy atom. The third-order valence-corrected chi connectivity index (χ3v) is 4.36. The van der Waals surface area contributed by atoms with E-state index < -0.39 is 0 Å². The van der Waals surface area contributed by atoms with Crippen molar-refractivity contribution < 1.29 is 4.79 Å². The Bertz CT molecular complexity index is 695. The van der Waals surface area contributed by atoms with Gasteiger partial charge >= 0.3 is 0 Å². The van der Waals surface area contributed by atoms with Crippen molar-refractivity contribution in [3.63, 3.8) is 0 Å². The average Bonchev–Trinajstić information content (AvgIpc) is 2.93. The maximum atomic E-state index is 12.7. The van der Waals surface area contributed by atoms with Gasteiger partial charge in [-0.3, -0.25) is 10.1 Å². The van der Waals surface area contributed by atoms with Crippen LogP contribution >= 0.6 is 0 Å². The zero-order chi connectivity index (χ0) is 17.1. The third-order valence-electron chi connectivity index (χ3n) is 4.36. The first-order chi connectivity index (χ1) is 11.5. The van der Waals surface area contributed by atoms with E-state index in [1.54, 1.807) is 0 Å². The smallest absolute Gasteiger partial charge is 0.241 e. The highest BCUT2D eigenvalue weighted by Gasteiger charge is 2.27. The summed E-state index contributed by atoms with van der Waals surface area (Å²) in [5.74, 6) is 1.98. The lowest BCUT2D eigenvalue weighted by Gasteiger charge is -2.29. The quantitative estimate of drug-likeness (QED) is 0.878. The fourth-order valence-corrected chi connectivity index (χ4v) is 3.17. The maximum Gasteiger partial charge on any atom is 0.241 e. The van der Waals surface area contributed by atoms with Crippen molar-refractivity contribution in [2.45, 2.75) is 58.3 Å². The first-order valence-corrected chi connectivity index (χ1v) is 8.54. The molecular formula is C18H25N5O. The molecule has 0 spiro atoms. The van der Waals surface area contributed by atoms with E-state index in [4.69, 9.17) is 0 Å². The van der Waals surface area contributed by atoms with Gasteiger partial charge in [-0.05, 0) is 32.8 Å². The maximum absolute atomic E-state index is 12.7. The molecule has 24 heavy (non-hydrogen) atoms. The lowest BCUT2D eigenvalue weighted by molar-refractivity contribution is -0.124. The van der Waals surface area contributed by atoms with Crippen LogP contribution in [0.15, 0.2) is 30.3 Å². The average molecular weight is 327 g/mol. The molecule has 2 heterocycles. The van der Waals surface area contributed by atoms with Crippen LogP contribution < -0.4 is 10.6 Å². The molecule has 0 radical (unpaired) electrons. The molecule has 0 aliphatic carbocycles. The summed E-state index contributed by atoms with van der Waals surface area (Å²) >= 11 is 0. The number of aryl methyl sites for hydroxylation is 2. The van der Waals surface area contributed by atoms with Crippen molar-refractivity contribution in [3.8, 4) is 0 Å². The van der Waals surface area contributed by atoms with Crippen LogP contribution in [0.25, 0.3) is 0 Å². The largest absolute Gasteiger partial charge is 0.352 e. The van der Waals surface area contributed by atoms with E-state index in [0.717, 1.165) is 36.6 Å². The van der Waals surface area contributed by atoms with Crippen LogP contribution in [0.5, 0.6) is 0 Å². The van der Waals surface area contributed by atoms with Crippen LogP contribution in [0.1, 0.15) is 43.5 Å². The van der Waals surface area contributed by atoms with Gasteiger partial charge in [-0.1, -0.05) is 30.3 Å². The summed E-state index contributed by atoms with van der Waals surface area (Å²) in [6, 6.07) is 9.88. The summed E-state index contributed by atoms with van der Waals surface area (Å²) in [7, 11) is 0. The normalized spacial score (nSPS) is 18.2. The minimum atomic E-state index is -0.350. The Morgan fingerprint density at radius 3 is 2.71 bits per heavy atom. The van der Waals surface area contributed by atoms with Crippen molar-refractivity contribution in [2.24, 2.45) is 0 Å². The Labute approximate surface area is 142 Å². The zero-order valence-corrected chi connectivity index (χ0v) is 14.5. The molecule has 6 nitrogen and oxygen atoms in total. The molecule has 0 saturated heterocycles. The van der Waals surface area contributed by atoms with Gasteiger partial charge < -0.3 is 9.88 Å². The van der Waals surface area contributed by atoms with Gasteiger partial charge in [0.15, 0.2) is 0 Å². The number of rotatable bonds is 5. The molecule has 2 atom stereocenters. The van der Waals surface area contributed by atoms with Gasteiger partial charge in [0.2, 0.25) is 5.91 Å². The molecule has 0 fully saturated rings. The van der Waals surface area contributed by atoms with E-state index in [0.29, 0.717) is 0 Å². The molecule has 6 heteroatoms. The van der Waals surface area contributed by atoms with Crippen molar-refractivity contribution in [2.75, 3.05) is 0 Å². The number of carbonyl (C=O) groups excluding carboxylic acids is 1. The third kappa shape index (κ3) is 3.64. The number of amides is 1. The van der Waals surface area contributed by atoms with Crippen LogP contribution in [-0.4, -0.2) is 32.8 Å². The molecule has 1 aromatic heterocycles. The molecule has 0 saturated carbocycles. The summed E-state index contributed by atoms with van der Waals surface area (Å²) in [6.45, 7) is 6.73. The van der Waals surface area contributed by atoms with Crippen LogP contribution in [-0.2, 0) is 17.8 Å². The van der Waals surface area contributed by atoms with E-state index in [1.165, 1.54) is 0 Å². The molecule has 3 rings (SSSR count). The van der Waals surface area contributed by atoms with Gasteiger partial charge in [-0.15, -0.1) is 10.2 Å². The van der Waals surface area contributed by atoms with Crippen LogP contribution in [0, 0.1) is 6.92 Å².